The lowest BCUT2D eigenvalue weighted by Gasteiger charge is -2.12. The smallest absolute Gasteiger partial charge is 0.267 e. The summed E-state index contributed by atoms with van der Waals surface area (Å²) in [7, 11) is 0. The van der Waals surface area contributed by atoms with E-state index in [9.17, 15) is 9.90 Å². The highest BCUT2D eigenvalue weighted by Crippen LogP contribution is 2.34. The van der Waals surface area contributed by atoms with E-state index in [4.69, 9.17) is 4.42 Å². The van der Waals surface area contributed by atoms with Crippen molar-refractivity contribution in [2.75, 3.05) is 0 Å². The van der Waals surface area contributed by atoms with E-state index in [1.54, 1.807) is 42.7 Å². The lowest BCUT2D eigenvalue weighted by Crippen LogP contribution is -2.28. The molecule has 8 heteroatoms. The standard InChI is InChI=1S/C22H16BrN3O3S/c23-17-9-7-15(8-10-17)12-20-21(28)26(14-18-5-3-11-29-18)22(30-20)25-24-13-16-4-1-2-6-19(16)27/h1-13,27H,14H2/b20-12-,24-13+,25-22-. The van der Waals surface area contributed by atoms with Crippen LogP contribution in [0.2, 0.25) is 0 Å². The summed E-state index contributed by atoms with van der Waals surface area (Å²) in [6, 6.07) is 18.1. The van der Waals surface area contributed by atoms with Gasteiger partial charge in [0.05, 0.1) is 23.9 Å². The Bertz CT molecular complexity index is 1140. The third-order valence-corrected chi connectivity index (χ3v) is 5.75. The first kappa shape index (κ1) is 20.2. The SMILES string of the molecule is O=C1/C(=C/c2ccc(Br)cc2)S/C(=N\N=C\c2ccccc2O)N1Cc1ccco1. The molecular weight excluding hydrogens is 466 g/mol. The largest absolute Gasteiger partial charge is 0.507 e. The van der Waals surface area contributed by atoms with Crippen molar-refractivity contribution in [3.05, 3.63) is 93.2 Å². The minimum atomic E-state index is -0.171. The molecule has 1 aliphatic rings. The first-order valence-electron chi connectivity index (χ1n) is 8.98. The number of amides is 1. The van der Waals surface area contributed by atoms with Gasteiger partial charge in [0.25, 0.3) is 5.91 Å². The summed E-state index contributed by atoms with van der Waals surface area (Å²) in [6.45, 7) is 0.251. The number of rotatable bonds is 5. The van der Waals surface area contributed by atoms with Gasteiger partial charge in [0.1, 0.15) is 11.5 Å². The highest BCUT2D eigenvalue weighted by atomic mass is 79.9. The lowest BCUT2D eigenvalue weighted by molar-refractivity contribution is -0.122. The van der Waals surface area contributed by atoms with Crippen LogP contribution in [0.1, 0.15) is 16.9 Å². The van der Waals surface area contributed by atoms with Crippen molar-refractivity contribution < 1.29 is 14.3 Å². The summed E-state index contributed by atoms with van der Waals surface area (Å²) in [5.74, 6) is 0.585. The third kappa shape index (κ3) is 4.72. The second-order valence-corrected chi connectivity index (χ2v) is 8.24. The van der Waals surface area contributed by atoms with Crippen LogP contribution in [0.15, 0.2) is 90.9 Å². The molecule has 2 heterocycles. The molecule has 1 amide bonds. The number of phenolic OH excluding ortho intramolecular Hbond substituents is 1. The number of benzene rings is 2. The Labute approximate surface area is 185 Å². The van der Waals surface area contributed by atoms with Crippen molar-refractivity contribution in [3.8, 4) is 5.75 Å². The zero-order valence-corrected chi connectivity index (χ0v) is 18.0. The van der Waals surface area contributed by atoms with Gasteiger partial charge >= 0.3 is 0 Å². The van der Waals surface area contributed by atoms with Gasteiger partial charge in [0.15, 0.2) is 5.17 Å². The monoisotopic (exact) mass is 481 g/mol. The first-order chi connectivity index (χ1) is 14.6. The van der Waals surface area contributed by atoms with Crippen molar-refractivity contribution in [2.45, 2.75) is 6.54 Å². The van der Waals surface area contributed by atoms with Crippen molar-refractivity contribution in [2.24, 2.45) is 10.2 Å². The molecule has 1 saturated heterocycles. The molecule has 0 aliphatic carbocycles. The predicted octanol–water partition coefficient (Wildman–Crippen LogP) is 5.25. The molecule has 150 valence electrons. The molecule has 0 unspecified atom stereocenters. The number of aromatic hydroxyl groups is 1. The molecule has 1 fully saturated rings. The molecule has 3 aromatic rings. The number of carbonyl (C=O) groups is 1. The average molecular weight is 482 g/mol. The Balaban J connectivity index is 1.62. The van der Waals surface area contributed by atoms with Crippen LogP contribution in [0.5, 0.6) is 5.75 Å². The van der Waals surface area contributed by atoms with Gasteiger partial charge in [-0.2, -0.15) is 5.10 Å². The molecule has 0 atom stereocenters. The highest BCUT2D eigenvalue weighted by Gasteiger charge is 2.34. The Hall–Kier alpha value is -3.10. The number of phenols is 1. The Morgan fingerprint density at radius 2 is 1.90 bits per heavy atom. The number of para-hydroxylation sites is 1. The summed E-state index contributed by atoms with van der Waals surface area (Å²) in [4.78, 5) is 15.1. The molecule has 6 nitrogen and oxygen atoms in total. The van der Waals surface area contributed by atoms with Crippen LogP contribution in [0.3, 0.4) is 0 Å². The van der Waals surface area contributed by atoms with E-state index in [2.05, 4.69) is 26.1 Å². The van der Waals surface area contributed by atoms with E-state index < -0.39 is 0 Å². The summed E-state index contributed by atoms with van der Waals surface area (Å²) < 4.78 is 6.36. The molecule has 1 aliphatic heterocycles. The van der Waals surface area contributed by atoms with E-state index in [1.165, 1.54) is 22.9 Å². The minimum Gasteiger partial charge on any atom is -0.507 e. The van der Waals surface area contributed by atoms with Gasteiger partial charge in [-0.05, 0) is 59.8 Å². The average Bonchev–Trinajstić information content (AvgIpc) is 3.35. The van der Waals surface area contributed by atoms with Gasteiger partial charge in [0, 0.05) is 10.0 Å². The number of hydrogen-bond acceptors (Lipinski definition) is 6. The summed E-state index contributed by atoms with van der Waals surface area (Å²) in [6.07, 6.45) is 4.84. The molecule has 1 N–H and O–H groups in total. The van der Waals surface area contributed by atoms with E-state index >= 15 is 0 Å². The number of furan rings is 1. The van der Waals surface area contributed by atoms with Gasteiger partial charge in [-0.3, -0.25) is 9.69 Å². The van der Waals surface area contributed by atoms with Gasteiger partial charge in [-0.25, -0.2) is 0 Å². The summed E-state index contributed by atoms with van der Waals surface area (Å²) in [5.41, 5.74) is 1.45. The number of hydrogen-bond donors (Lipinski definition) is 1. The Morgan fingerprint density at radius 3 is 2.63 bits per heavy atom. The maximum Gasteiger partial charge on any atom is 0.267 e. The number of thioether (sulfide) groups is 1. The first-order valence-corrected chi connectivity index (χ1v) is 10.6. The van der Waals surface area contributed by atoms with Crippen LogP contribution in [0.4, 0.5) is 0 Å². The number of halogens is 1. The van der Waals surface area contributed by atoms with E-state index in [0.717, 1.165) is 10.0 Å². The molecule has 1 aromatic heterocycles. The fourth-order valence-corrected chi connectivity index (χ4v) is 3.93. The predicted molar refractivity (Wildman–Crippen MR) is 122 cm³/mol. The minimum absolute atomic E-state index is 0.111. The molecule has 0 saturated carbocycles. The second kappa shape index (κ2) is 9.15. The molecule has 30 heavy (non-hydrogen) atoms. The molecule has 0 bridgehead atoms. The topological polar surface area (TPSA) is 78.4 Å². The van der Waals surface area contributed by atoms with Gasteiger partial charge in [-0.15, -0.1) is 5.10 Å². The molecule has 0 radical (unpaired) electrons. The third-order valence-electron chi connectivity index (χ3n) is 4.23. The fourth-order valence-electron chi connectivity index (χ4n) is 2.73. The zero-order valence-electron chi connectivity index (χ0n) is 15.6. The normalized spacial score (nSPS) is 17.0. The van der Waals surface area contributed by atoms with Crippen LogP contribution in [0.25, 0.3) is 6.08 Å². The summed E-state index contributed by atoms with van der Waals surface area (Å²) in [5, 5.41) is 18.6. The van der Waals surface area contributed by atoms with Crippen LogP contribution < -0.4 is 0 Å². The number of amidine groups is 1. The molecular formula is C22H16BrN3O3S. The van der Waals surface area contributed by atoms with Crippen molar-refractivity contribution >= 4 is 51.1 Å². The van der Waals surface area contributed by atoms with Crippen molar-refractivity contribution in [1.29, 1.82) is 0 Å². The number of carbonyl (C=O) groups excluding carboxylic acids is 1. The van der Waals surface area contributed by atoms with E-state index in [0.29, 0.717) is 21.4 Å². The second-order valence-electron chi connectivity index (χ2n) is 6.32. The maximum absolute atomic E-state index is 13.0. The molecule has 0 spiro atoms. The van der Waals surface area contributed by atoms with Gasteiger partial charge < -0.3 is 9.52 Å². The van der Waals surface area contributed by atoms with Crippen LogP contribution >= 0.6 is 27.7 Å². The molecule has 2 aromatic carbocycles. The Kier molecular flexibility index (Phi) is 6.15. The zero-order chi connectivity index (χ0) is 20.9. The Morgan fingerprint density at radius 1 is 1.10 bits per heavy atom. The van der Waals surface area contributed by atoms with E-state index in [1.807, 2.05) is 30.3 Å². The van der Waals surface area contributed by atoms with Gasteiger partial charge in [-0.1, -0.05) is 40.2 Å². The van der Waals surface area contributed by atoms with E-state index in [-0.39, 0.29) is 18.2 Å². The van der Waals surface area contributed by atoms with Crippen LogP contribution in [-0.2, 0) is 11.3 Å². The highest BCUT2D eigenvalue weighted by molar-refractivity contribution is 9.10. The molecule has 4 rings (SSSR count). The van der Waals surface area contributed by atoms with Crippen LogP contribution in [0, 0.1) is 0 Å². The summed E-state index contributed by atoms with van der Waals surface area (Å²) >= 11 is 4.66. The quantitative estimate of drug-likeness (QED) is 0.306. The number of nitrogens with zero attached hydrogens (tertiary/aromatic N) is 3. The lowest BCUT2D eigenvalue weighted by atomic mass is 10.2. The maximum atomic E-state index is 13.0. The fraction of sp³-hybridized carbons (Fsp3) is 0.0455. The van der Waals surface area contributed by atoms with Gasteiger partial charge in [0.2, 0.25) is 0 Å². The van der Waals surface area contributed by atoms with Crippen molar-refractivity contribution in [3.63, 3.8) is 0 Å². The van der Waals surface area contributed by atoms with Crippen LogP contribution in [-0.4, -0.2) is 27.3 Å². The van der Waals surface area contributed by atoms with Crippen molar-refractivity contribution in [1.82, 2.24) is 4.90 Å².